The van der Waals surface area contributed by atoms with Crippen LogP contribution >= 0.6 is 0 Å². The van der Waals surface area contributed by atoms with Gasteiger partial charge >= 0.3 is 6.16 Å². The van der Waals surface area contributed by atoms with Crippen LogP contribution in [0.2, 0.25) is 0 Å². The highest BCUT2D eigenvalue weighted by molar-refractivity contribution is 5.61. The predicted octanol–water partition coefficient (Wildman–Crippen LogP) is -0.876. The Bertz CT molecular complexity index is 82.0. The Kier molecular flexibility index (Phi) is 5.80. The van der Waals surface area contributed by atoms with E-state index < -0.39 is 6.16 Å². The van der Waals surface area contributed by atoms with Crippen LogP contribution in [-0.4, -0.2) is 42.8 Å². The van der Waals surface area contributed by atoms with E-state index in [4.69, 9.17) is 10.2 Å². The van der Waals surface area contributed by atoms with Crippen LogP contribution in [0.4, 0.5) is 4.79 Å². The molecule has 1 fully saturated rings. The summed E-state index contributed by atoms with van der Waals surface area (Å²) in [5, 5.41) is 15.2. The highest BCUT2D eigenvalue weighted by Crippen LogP contribution is 1.92. The van der Waals surface area contributed by atoms with Crippen molar-refractivity contribution in [1.82, 2.24) is 0 Å². The van der Waals surface area contributed by atoms with Crippen molar-refractivity contribution in [1.29, 1.82) is 0 Å². The standard InChI is InChI=1S/C3H4O3.C2H6O2/c4-3-5-1-2-6-3;3-1-2-4/h1-2H2;3-4H,1-2H2. The van der Waals surface area contributed by atoms with E-state index in [1.807, 2.05) is 0 Å². The number of carbonyl (C=O) groups is 1. The van der Waals surface area contributed by atoms with Gasteiger partial charge in [0.15, 0.2) is 0 Å². The number of aliphatic hydroxyl groups is 2. The minimum atomic E-state index is -0.546. The molecule has 1 aliphatic heterocycles. The third-order valence-corrected chi connectivity index (χ3v) is 0.623. The normalized spacial score (nSPS) is 14.8. The van der Waals surface area contributed by atoms with Gasteiger partial charge in [0.25, 0.3) is 0 Å². The summed E-state index contributed by atoms with van der Waals surface area (Å²) in [5.41, 5.74) is 0. The number of hydrogen-bond donors (Lipinski definition) is 2. The first kappa shape index (κ1) is 9.19. The summed E-state index contributed by atoms with van der Waals surface area (Å²) >= 11 is 0. The first-order chi connectivity index (χ1) is 4.81. The number of aliphatic hydroxyl groups excluding tert-OH is 2. The lowest BCUT2D eigenvalue weighted by atomic mass is 10.8. The highest BCUT2D eigenvalue weighted by atomic mass is 16.8. The maximum Gasteiger partial charge on any atom is 0.508 e. The molecule has 1 heterocycles. The fourth-order valence-electron chi connectivity index (χ4n) is 0.292. The minimum Gasteiger partial charge on any atom is -0.431 e. The van der Waals surface area contributed by atoms with Crippen molar-refractivity contribution in [3.05, 3.63) is 0 Å². The third-order valence-electron chi connectivity index (χ3n) is 0.623. The summed E-state index contributed by atoms with van der Waals surface area (Å²) in [5.74, 6) is 0. The molecule has 1 saturated heterocycles. The highest BCUT2D eigenvalue weighted by Gasteiger charge is 2.09. The van der Waals surface area contributed by atoms with Gasteiger partial charge in [0.2, 0.25) is 0 Å². The number of rotatable bonds is 1. The number of cyclic esters (lactones) is 2. The van der Waals surface area contributed by atoms with Crippen molar-refractivity contribution in [3.8, 4) is 0 Å². The van der Waals surface area contributed by atoms with Gasteiger partial charge in [-0.2, -0.15) is 0 Å². The Morgan fingerprint density at radius 3 is 1.70 bits per heavy atom. The number of ether oxygens (including phenoxy) is 2. The van der Waals surface area contributed by atoms with Gasteiger partial charge in [0, 0.05) is 0 Å². The zero-order chi connectivity index (χ0) is 7.82. The monoisotopic (exact) mass is 150 g/mol. The second-order valence-corrected chi connectivity index (χ2v) is 1.39. The van der Waals surface area contributed by atoms with E-state index in [9.17, 15) is 4.79 Å². The summed E-state index contributed by atoms with van der Waals surface area (Å²) in [6.07, 6.45) is -0.546. The molecule has 0 aromatic heterocycles. The summed E-state index contributed by atoms with van der Waals surface area (Å²) in [6.45, 7) is 0.581. The third kappa shape index (κ3) is 5.33. The van der Waals surface area contributed by atoms with Crippen LogP contribution in [0.25, 0.3) is 0 Å². The lowest BCUT2D eigenvalue weighted by molar-refractivity contribution is 0.131. The summed E-state index contributed by atoms with van der Waals surface area (Å²) in [4.78, 5) is 9.80. The Morgan fingerprint density at radius 1 is 1.20 bits per heavy atom. The molecule has 0 amide bonds. The molecule has 0 aromatic carbocycles. The molecule has 0 unspecified atom stereocenters. The zero-order valence-electron chi connectivity index (χ0n) is 5.45. The molecule has 0 radical (unpaired) electrons. The topological polar surface area (TPSA) is 76.0 Å². The second kappa shape index (κ2) is 6.31. The van der Waals surface area contributed by atoms with Gasteiger partial charge in [-0.1, -0.05) is 0 Å². The molecule has 0 atom stereocenters. The maximum atomic E-state index is 9.80. The number of carbonyl (C=O) groups excluding carboxylic acids is 1. The molecule has 0 aliphatic carbocycles. The molecule has 0 aromatic rings. The Balaban J connectivity index is 0.000000180. The molecule has 0 bridgehead atoms. The van der Waals surface area contributed by atoms with Crippen LogP contribution in [0.15, 0.2) is 0 Å². The van der Waals surface area contributed by atoms with Crippen molar-refractivity contribution >= 4 is 6.16 Å². The van der Waals surface area contributed by atoms with Gasteiger partial charge < -0.3 is 19.7 Å². The molecule has 5 heteroatoms. The van der Waals surface area contributed by atoms with E-state index in [0.29, 0.717) is 13.2 Å². The lowest BCUT2D eigenvalue weighted by Crippen LogP contribution is -1.88. The molecule has 5 nitrogen and oxygen atoms in total. The Morgan fingerprint density at radius 2 is 1.60 bits per heavy atom. The largest absolute Gasteiger partial charge is 0.508 e. The van der Waals surface area contributed by atoms with E-state index in [2.05, 4.69) is 9.47 Å². The molecule has 10 heavy (non-hydrogen) atoms. The van der Waals surface area contributed by atoms with Crippen molar-refractivity contribution in [2.45, 2.75) is 0 Å². The van der Waals surface area contributed by atoms with E-state index in [1.165, 1.54) is 0 Å². The quantitative estimate of drug-likeness (QED) is 0.475. The first-order valence-corrected chi connectivity index (χ1v) is 2.82. The zero-order valence-corrected chi connectivity index (χ0v) is 5.45. The molecular weight excluding hydrogens is 140 g/mol. The van der Waals surface area contributed by atoms with Gasteiger partial charge in [-0.05, 0) is 0 Å². The summed E-state index contributed by atoms with van der Waals surface area (Å²) < 4.78 is 8.58. The van der Waals surface area contributed by atoms with E-state index >= 15 is 0 Å². The van der Waals surface area contributed by atoms with Crippen molar-refractivity contribution in [2.24, 2.45) is 0 Å². The number of hydrogen-bond acceptors (Lipinski definition) is 5. The van der Waals surface area contributed by atoms with Crippen molar-refractivity contribution in [3.63, 3.8) is 0 Å². The molecular formula is C5H10O5. The second-order valence-electron chi connectivity index (χ2n) is 1.39. The fourth-order valence-corrected chi connectivity index (χ4v) is 0.292. The molecule has 1 rings (SSSR count). The maximum absolute atomic E-state index is 9.80. The van der Waals surface area contributed by atoms with Crippen LogP contribution in [0.5, 0.6) is 0 Å². The van der Waals surface area contributed by atoms with Gasteiger partial charge in [-0.15, -0.1) is 0 Å². The molecule has 0 saturated carbocycles. The summed E-state index contributed by atoms with van der Waals surface area (Å²) in [6, 6.07) is 0. The molecule has 1 aliphatic rings. The first-order valence-electron chi connectivity index (χ1n) is 2.82. The van der Waals surface area contributed by atoms with Crippen molar-refractivity contribution in [2.75, 3.05) is 26.4 Å². The lowest BCUT2D eigenvalue weighted by Gasteiger charge is -1.78. The molecule has 0 spiro atoms. The van der Waals surface area contributed by atoms with Crippen LogP contribution in [-0.2, 0) is 9.47 Å². The average molecular weight is 150 g/mol. The Hall–Kier alpha value is -0.810. The minimum absolute atomic E-state index is 0.125. The molecule has 60 valence electrons. The van der Waals surface area contributed by atoms with Crippen LogP contribution in [0, 0.1) is 0 Å². The van der Waals surface area contributed by atoms with Gasteiger partial charge in [0.1, 0.15) is 13.2 Å². The van der Waals surface area contributed by atoms with Gasteiger partial charge in [-0.25, -0.2) is 4.79 Å². The summed E-state index contributed by atoms with van der Waals surface area (Å²) in [7, 11) is 0. The van der Waals surface area contributed by atoms with Crippen LogP contribution < -0.4 is 0 Å². The average Bonchev–Trinajstić information content (AvgIpc) is 2.40. The van der Waals surface area contributed by atoms with E-state index in [0.717, 1.165) is 0 Å². The smallest absolute Gasteiger partial charge is 0.431 e. The Labute approximate surface area is 58.2 Å². The fraction of sp³-hybridized carbons (Fsp3) is 0.800. The predicted molar refractivity (Wildman–Crippen MR) is 31.5 cm³/mol. The SMILES string of the molecule is O=C1OCCO1.OCCO. The van der Waals surface area contributed by atoms with Crippen LogP contribution in [0.3, 0.4) is 0 Å². The van der Waals surface area contributed by atoms with Gasteiger partial charge in [0.05, 0.1) is 13.2 Å². The van der Waals surface area contributed by atoms with E-state index in [-0.39, 0.29) is 13.2 Å². The van der Waals surface area contributed by atoms with Crippen LogP contribution in [0.1, 0.15) is 0 Å². The molecule has 2 N–H and O–H groups in total. The van der Waals surface area contributed by atoms with Crippen molar-refractivity contribution < 1.29 is 24.5 Å². The van der Waals surface area contributed by atoms with E-state index in [1.54, 1.807) is 0 Å². The van der Waals surface area contributed by atoms with Gasteiger partial charge in [-0.3, -0.25) is 0 Å².